The molecule has 6 heteroatoms. The lowest BCUT2D eigenvalue weighted by atomic mass is 10.2. The lowest BCUT2D eigenvalue weighted by Crippen LogP contribution is -2.43. The van der Waals surface area contributed by atoms with E-state index in [1.165, 1.54) is 6.92 Å². The molecular formula is C10H19NO4S. The Morgan fingerprint density at radius 3 is 2.31 bits per heavy atom. The lowest BCUT2D eigenvalue weighted by Gasteiger charge is -2.13. The maximum Gasteiger partial charge on any atom is 0.327 e. The van der Waals surface area contributed by atoms with Crippen LogP contribution in [-0.4, -0.2) is 38.7 Å². The summed E-state index contributed by atoms with van der Waals surface area (Å²) in [6.45, 7) is 5.27. The Kier molecular flexibility index (Phi) is 6.96. The van der Waals surface area contributed by atoms with Crippen molar-refractivity contribution in [2.24, 2.45) is 5.92 Å². The van der Waals surface area contributed by atoms with Crippen molar-refractivity contribution in [3.8, 4) is 0 Å². The quantitative estimate of drug-likeness (QED) is 0.683. The molecule has 0 rings (SSSR count). The molecule has 0 saturated heterocycles. The van der Waals surface area contributed by atoms with Crippen LogP contribution >= 0.6 is 0 Å². The highest BCUT2D eigenvalue weighted by Crippen LogP contribution is 2.02. The zero-order valence-corrected chi connectivity index (χ0v) is 10.7. The molecule has 0 aliphatic rings. The Labute approximate surface area is 98.1 Å². The van der Waals surface area contributed by atoms with Gasteiger partial charge in [0, 0.05) is 23.5 Å². The Balaban J connectivity index is 4.13. The van der Waals surface area contributed by atoms with E-state index in [1.807, 2.05) is 13.8 Å². The molecule has 16 heavy (non-hydrogen) atoms. The summed E-state index contributed by atoms with van der Waals surface area (Å²) in [5, 5.41) is 11.1. The van der Waals surface area contributed by atoms with E-state index >= 15 is 0 Å². The van der Waals surface area contributed by atoms with Crippen molar-refractivity contribution >= 4 is 22.7 Å². The van der Waals surface area contributed by atoms with E-state index in [4.69, 9.17) is 5.11 Å². The first-order chi connectivity index (χ1) is 7.32. The van der Waals surface area contributed by atoms with Crippen molar-refractivity contribution in [3.63, 3.8) is 0 Å². The molecule has 2 atom stereocenters. The normalized spacial score (nSPS) is 14.5. The molecule has 5 nitrogen and oxygen atoms in total. The first-order valence-electron chi connectivity index (χ1n) is 5.17. The van der Waals surface area contributed by atoms with Crippen molar-refractivity contribution in [1.29, 1.82) is 0 Å². The number of carboxylic acids is 1. The monoisotopic (exact) mass is 249 g/mol. The van der Waals surface area contributed by atoms with Gasteiger partial charge < -0.3 is 10.4 Å². The highest BCUT2D eigenvalue weighted by molar-refractivity contribution is 7.85. The van der Waals surface area contributed by atoms with Gasteiger partial charge in [-0.25, -0.2) is 4.79 Å². The van der Waals surface area contributed by atoms with Gasteiger partial charge in [0.05, 0.1) is 5.75 Å². The average molecular weight is 249 g/mol. The van der Waals surface area contributed by atoms with Gasteiger partial charge in [-0.1, -0.05) is 13.8 Å². The molecule has 0 spiro atoms. The molecule has 1 amide bonds. The fourth-order valence-electron chi connectivity index (χ4n) is 1.06. The first kappa shape index (κ1) is 15.1. The first-order valence-corrected chi connectivity index (χ1v) is 6.66. The van der Waals surface area contributed by atoms with Gasteiger partial charge in [0.2, 0.25) is 5.91 Å². The summed E-state index contributed by atoms with van der Waals surface area (Å²) in [6.07, 6.45) is 0.791. The van der Waals surface area contributed by atoms with Crippen LogP contribution in [0.4, 0.5) is 0 Å². The minimum atomic E-state index is -1.20. The third-order valence-electron chi connectivity index (χ3n) is 1.95. The van der Waals surface area contributed by atoms with Crippen LogP contribution in [0.3, 0.4) is 0 Å². The molecule has 0 heterocycles. The van der Waals surface area contributed by atoms with Crippen LogP contribution in [0.1, 0.15) is 27.2 Å². The fraction of sp³-hybridized carbons (Fsp3) is 0.800. The number of aliphatic carboxylic acids is 1. The summed E-state index contributed by atoms with van der Waals surface area (Å²) >= 11 is 0. The highest BCUT2D eigenvalue weighted by Gasteiger charge is 2.21. The largest absolute Gasteiger partial charge is 0.480 e. The van der Waals surface area contributed by atoms with E-state index in [2.05, 4.69) is 5.32 Å². The van der Waals surface area contributed by atoms with E-state index in [-0.39, 0.29) is 5.75 Å². The Morgan fingerprint density at radius 2 is 1.94 bits per heavy atom. The van der Waals surface area contributed by atoms with Crippen LogP contribution in [0.25, 0.3) is 0 Å². The number of nitrogens with one attached hydrogen (secondary N) is 1. The molecule has 2 N–H and O–H groups in total. The Bertz CT molecular complexity index is 278. The summed E-state index contributed by atoms with van der Waals surface area (Å²) < 4.78 is 11.5. The zero-order chi connectivity index (χ0) is 12.7. The third kappa shape index (κ3) is 7.39. The van der Waals surface area contributed by atoms with Crippen LogP contribution in [-0.2, 0) is 20.4 Å². The number of carbonyl (C=O) groups excluding carboxylic acids is 1. The van der Waals surface area contributed by atoms with Crippen molar-refractivity contribution in [1.82, 2.24) is 5.32 Å². The van der Waals surface area contributed by atoms with Crippen LogP contribution in [0.15, 0.2) is 0 Å². The van der Waals surface area contributed by atoms with Crippen LogP contribution in [0, 0.1) is 5.92 Å². The number of hydrogen-bond donors (Lipinski definition) is 2. The van der Waals surface area contributed by atoms with Gasteiger partial charge in [-0.15, -0.1) is 0 Å². The Morgan fingerprint density at radius 1 is 1.38 bits per heavy atom. The maximum atomic E-state index is 11.5. The average Bonchev–Trinajstić information content (AvgIpc) is 2.12. The van der Waals surface area contributed by atoms with Gasteiger partial charge in [0.25, 0.3) is 0 Å². The van der Waals surface area contributed by atoms with E-state index in [0.29, 0.717) is 11.7 Å². The molecule has 0 aromatic carbocycles. The zero-order valence-electron chi connectivity index (χ0n) is 9.86. The SMILES string of the molecule is CC(=O)N[C@@H](CS(=O)CCC(C)C)C(=O)O. The fourth-order valence-corrected chi connectivity index (χ4v) is 2.56. The van der Waals surface area contributed by atoms with Gasteiger partial charge in [-0.05, 0) is 12.3 Å². The van der Waals surface area contributed by atoms with Crippen molar-refractivity contribution in [2.45, 2.75) is 33.2 Å². The minimum absolute atomic E-state index is 0.0262. The van der Waals surface area contributed by atoms with Crippen molar-refractivity contribution in [3.05, 3.63) is 0 Å². The second-order valence-electron chi connectivity index (χ2n) is 4.08. The van der Waals surface area contributed by atoms with E-state index in [9.17, 15) is 13.8 Å². The summed E-state index contributed by atoms with van der Waals surface area (Å²) in [5.74, 6) is -0.683. The van der Waals surface area contributed by atoms with E-state index < -0.39 is 28.7 Å². The molecule has 0 aromatic rings. The van der Waals surface area contributed by atoms with Gasteiger partial charge in [-0.3, -0.25) is 9.00 Å². The molecular weight excluding hydrogens is 230 g/mol. The molecule has 1 unspecified atom stereocenters. The molecule has 0 fully saturated rings. The number of carboxylic acid groups (broad SMARTS) is 1. The highest BCUT2D eigenvalue weighted by atomic mass is 32.2. The van der Waals surface area contributed by atoms with Gasteiger partial charge >= 0.3 is 5.97 Å². The lowest BCUT2D eigenvalue weighted by molar-refractivity contribution is -0.140. The van der Waals surface area contributed by atoms with Gasteiger partial charge in [-0.2, -0.15) is 0 Å². The van der Waals surface area contributed by atoms with Crippen molar-refractivity contribution < 1.29 is 18.9 Å². The molecule has 0 aromatic heterocycles. The summed E-state index contributed by atoms with van der Waals surface area (Å²) in [4.78, 5) is 21.5. The predicted octanol–water partition coefficient (Wildman–Crippen LogP) is 0.370. The number of amides is 1. The molecule has 0 aliphatic carbocycles. The number of rotatable bonds is 7. The Hall–Kier alpha value is -0.910. The number of carbonyl (C=O) groups is 2. The standard InChI is InChI=1S/C10H19NO4S/c1-7(2)4-5-16(15)6-9(10(13)14)11-8(3)12/h7,9H,4-6H2,1-3H3,(H,11,12)(H,13,14)/t9-,16?/m0/s1. The number of hydrogen-bond acceptors (Lipinski definition) is 3. The van der Waals surface area contributed by atoms with E-state index in [0.717, 1.165) is 6.42 Å². The smallest absolute Gasteiger partial charge is 0.327 e. The second kappa shape index (κ2) is 7.38. The minimum Gasteiger partial charge on any atom is -0.480 e. The molecule has 0 aliphatic heterocycles. The summed E-state index contributed by atoms with van der Waals surface area (Å²) in [6, 6.07) is -1.05. The molecule has 0 bridgehead atoms. The summed E-state index contributed by atoms with van der Waals surface area (Å²) in [7, 11) is -1.20. The van der Waals surface area contributed by atoms with Gasteiger partial charge in [0.1, 0.15) is 6.04 Å². The molecule has 0 saturated carbocycles. The topological polar surface area (TPSA) is 83.5 Å². The van der Waals surface area contributed by atoms with E-state index in [1.54, 1.807) is 0 Å². The third-order valence-corrected chi connectivity index (χ3v) is 3.35. The van der Waals surface area contributed by atoms with Crippen LogP contribution < -0.4 is 5.32 Å². The summed E-state index contributed by atoms with van der Waals surface area (Å²) in [5.41, 5.74) is 0. The maximum absolute atomic E-state index is 11.5. The van der Waals surface area contributed by atoms with Crippen molar-refractivity contribution in [2.75, 3.05) is 11.5 Å². The predicted molar refractivity (Wildman–Crippen MR) is 62.6 cm³/mol. The molecule has 0 radical (unpaired) electrons. The second-order valence-corrected chi connectivity index (χ2v) is 5.71. The van der Waals surface area contributed by atoms with Crippen LogP contribution in [0.5, 0.6) is 0 Å². The van der Waals surface area contributed by atoms with Crippen LogP contribution in [0.2, 0.25) is 0 Å². The molecule has 94 valence electrons. The van der Waals surface area contributed by atoms with Gasteiger partial charge in [0.15, 0.2) is 0 Å².